The number of hydrogen-bond acceptors (Lipinski definition) is 4. The molecule has 0 saturated carbocycles. The summed E-state index contributed by atoms with van der Waals surface area (Å²) in [6.07, 6.45) is 1.52. The third-order valence-corrected chi connectivity index (χ3v) is 3.77. The molecule has 28 heavy (non-hydrogen) atoms. The van der Waals surface area contributed by atoms with Crippen LogP contribution in [0.5, 0.6) is 0 Å². The van der Waals surface area contributed by atoms with Crippen LogP contribution in [-0.4, -0.2) is 28.5 Å². The van der Waals surface area contributed by atoms with Crippen LogP contribution in [0.25, 0.3) is 22.4 Å². The fraction of sp³-hybridized carbons (Fsp3) is 0.250. The summed E-state index contributed by atoms with van der Waals surface area (Å²) < 4.78 is 6.72. The van der Waals surface area contributed by atoms with Crippen molar-refractivity contribution in [3.05, 3.63) is 76.2 Å². The zero-order valence-electron chi connectivity index (χ0n) is 15.9. The van der Waals surface area contributed by atoms with Crippen molar-refractivity contribution >= 4 is 28.1 Å². The van der Waals surface area contributed by atoms with Crippen LogP contribution < -0.4 is 5.56 Å². The van der Waals surface area contributed by atoms with Gasteiger partial charge in [-0.3, -0.25) is 14.2 Å². The minimum Gasteiger partial charge on any atom is -0.699 e. The van der Waals surface area contributed by atoms with Gasteiger partial charge in [-0.2, -0.15) is 0 Å². The van der Waals surface area contributed by atoms with E-state index in [9.17, 15) is 9.59 Å². The van der Waals surface area contributed by atoms with Gasteiger partial charge in [-0.05, 0) is 19.9 Å². The van der Waals surface area contributed by atoms with Crippen molar-refractivity contribution in [1.82, 2.24) is 9.55 Å². The quantitative estimate of drug-likeness (QED) is 0.411. The van der Waals surface area contributed by atoms with Gasteiger partial charge in [0.25, 0.3) is 5.56 Å². The zero-order chi connectivity index (χ0) is 19.8. The Balaban J connectivity index is 0.000000307. The van der Waals surface area contributed by atoms with Crippen molar-refractivity contribution in [2.45, 2.75) is 20.4 Å². The first kappa shape index (κ1) is 24.0. The number of aromatic nitrogens is 2. The molecule has 1 radical (unpaired) electrons. The molecule has 2 aromatic carbocycles. The van der Waals surface area contributed by atoms with E-state index in [0.717, 1.165) is 0 Å². The predicted molar refractivity (Wildman–Crippen MR) is 107 cm³/mol. The third kappa shape index (κ3) is 6.82. The SMILES string of the molecule is CC(=O)c1cccc([NH-])c1.CCOCCn1cnc2ccc([NH-])cc2c1=O.[Y]. The summed E-state index contributed by atoms with van der Waals surface area (Å²) >= 11 is 0. The van der Waals surface area contributed by atoms with Gasteiger partial charge in [0.2, 0.25) is 0 Å². The molecular weight excluding hydrogens is 433 g/mol. The molecule has 0 bridgehead atoms. The number of nitrogens with zero attached hydrogens (tertiary/aromatic N) is 2. The summed E-state index contributed by atoms with van der Waals surface area (Å²) in [5.74, 6) is 0.00843. The molecule has 1 heterocycles. The average molecular weight is 455 g/mol. The van der Waals surface area contributed by atoms with Gasteiger partial charge in [-0.15, -0.1) is 11.4 Å². The molecule has 3 rings (SSSR count). The second-order valence-corrected chi connectivity index (χ2v) is 5.81. The Morgan fingerprint density at radius 1 is 1.14 bits per heavy atom. The molecule has 0 aliphatic heterocycles. The number of carbonyl (C=O) groups is 1. The Morgan fingerprint density at radius 2 is 1.86 bits per heavy atom. The summed E-state index contributed by atoms with van der Waals surface area (Å²) in [6.45, 7) is 5.01. The monoisotopic (exact) mass is 455 g/mol. The predicted octanol–water partition coefficient (Wildman–Crippen LogP) is 4.69. The summed E-state index contributed by atoms with van der Waals surface area (Å²) in [5.41, 5.74) is 16.5. The van der Waals surface area contributed by atoms with E-state index in [-0.39, 0.29) is 44.1 Å². The number of carbonyl (C=O) groups excluding carboxylic acids is 1. The molecule has 0 amide bonds. The Morgan fingerprint density at radius 3 is 2.46 bits per heavy atom. The Bertz CT molecular complexity index is 989. The zero-order valence-corrected chi connectivity index (χ0v) is 18.8. The van der Waals surface area contributed by atoms with E-state index in [0.29, 0.717) is 47.6 Å². The largest absolute Gasteiger partial charge is 0.699 e. The van der Waals surface area contributed by atoms with E-state index in [4.69, 9.17) is 16.2 Å². The Kier molecular flexibility index (Phi) is 10.00. The second kappa shape index (κ2) is 11.7. The van der Waals surface area contributed by atoms with Crippen LogP contribution in [0.2, 0.25) is 0 Å². The summed E-state index contributed by atoms with van der Waals surface area (Å²) in [6, 6.07) is 11.5. The van der Waals surface area contributed by atoms with Crippen molar-refractivity contribution in [1.29, 1.82) is 0 Å². The third-order valence-electron chi connectivity index (χ3n) is 3.77. The van der Waals surface area contributed by atoms with Crippen LogP contribution in [0.15, 0.2) is 53.6 Å². The molecule has 3 aromatic rings. The number of benzene rings is 2. The van der Waals surface area contributed by atoms with Crippen molar-refractivity contribution < 1.29 is 42.2 Å². The van der Waals surface area contributed by atoms with Crippen LogP contribution in [0.3, 0.4) is 0 Å². The molecule has 0 unspecified atom stereocenters. The number of fused-ring (bicyclic) bond motifs is 1. The fourth-order valence-corrected chi connectivity index (χ4v) is 2.36. The van der Waals surface area contributed by atoms with E-state index < -0.39 is 0 Å². The molecular formula is C20H22N4O3Y-2. The minimum atomic E-state index is -0.121. The maximum atomic E-state index is 12.1. The van der Waals surface area contributed by atoms with E-state index in [2.05, 4.69) is 4.98 Å². The van der Waals surface area contributed by atoms with Crippen LogP contribution in [0.1, 0.15) is 24.2 Å². The Hall–Kier alpha value is -2.09. The molecule has 0 aliphatic rings. The van der Waals surface area contributed by atoms with E-state index >= 15 is 0 Å². The molecule has 0 atom stereocenters. The Labute approximate surface area is 189 Å². The topological polar surface area (TPSA) is 109 Å². The van der Waals surface area contributed by atoms with E-state index in [1.165, 1.54) is 17.8 Å². The minimum absolute atomic E-state index is 0. The maximum absolute atomic E-state index is 12.1. The smallest absolute Gasteiger partial charge is 0.261 e. The van der Waals surface area contributed by atoms with Crippen molar-refractivity contribution in [3.8, 4) is 0 Å². The summed E-state index contributed by atoms with van der Waals surface area (Å²) in [7, 11) is 0. The van der Waals surface area contributed by atoms with E-state index in [1.54, 1.807) is 42.5 Å². The molecule has 0 aliphatic carbocycles. The second-order valence-electron chi connectivity index (χ2n) is 5.81. The molecule has 7 nitrogen and oxygen atoms in total. The fourth-order valence-electron chi connectivity index (χ4n) is 2.36. The van der Waals surface area contributed by atoms with Crippen molar-refractivity contribution in [2.75, 3.05) is 13.2 Å². The maximum Gasteiger partial charge on any atom is 0.261 e. The van der Waals surface area contributed by atoms with Gasteiger partial charge < -0.3 is 16.2 Å². The number of nitrogens with one attached hydrogen (secondary N) is 2. The number of rotatable bonds is 5. The number of ether oxygens (including phenoxy) is 1. The van der Waals surface area contributed by atoms with Crippen LogP contribution >= 0.6 is 0 Å². The summed E-state index contributed by atoms with van der Waals surface area (Å²) in [4.78, 5) is 27.0. The normalized spacial score (nSPS) is 9.93. The van der Waals surface area contributed by atoms with Gasteiger partial charge in [-0.25, -0.2) is 4.98 Å². The molecule has 145 valence electrons. The van der Waals surface area contributed by atoms with Crippen molar-refractivity contribution in [2.24, 2.45) is 0 Å². The van der Waals surface area contributed by atoms with Gasteiger partial charge >= 0.3 is 0 Å². The molecule has 2 N–H and O–H groups in total. The first-order valence-corrected chi connectivity index (χ1v) is 8.53. The molecule has 0 saturated heterocycles. The molecule has 0 fully saturated rings. The van der Waals surface area contributed by atoms with Gasteiger partial charge in [0.05, 0.1) is 30.4 Å². The van der Waals surface area contributed by atoms with Gasteiger partial charge in [0.1, 0.15) is 0 Å². The standard InChI is InChI=1S/C12H14N3O2.C8H8NO.Y/c1-2-17-6-5-15-8-14-11-4-3-9(13)7-10(11)12(15)16;1-6(10)7-3-2-4-8(9)5-7;/h3-4,7-8,13H,2,5-6H2,1H3;2-5,9H,1H3;/q2*-1;. The molecule has 8 heteroatoms. The van der Waals surface area contributed by atoms with Crippen LogP contribution in [0.4, 0.5) is 11.4 Å². The molecule has 0 spiro atoms. The van der Waals surface area contributed by atoms with Crippen molar-refractivity contribution in [3.63, 3.8) is 0 Å². The van der Waals surface area contributed by atoms with E-state index in [1.807, 2.05) is 6.92 Å². The van der Waals surface area contributed by atoms with Gasteiger partial charge in [0.15, 0.2) is 5.78 Å². The van der Waals surface area contributed by atoms with Gasteiger partial charge in [-0.1, -0.05) is 36.4 Å². The number of hydrogen-bond donors (Lipinski definition) is 0. The average Bonchev–Trinajstić information content (AvgIpc) is 2.65. The molecule has 1 aromatic heterocycles. The number of Topliss-reactive ketones (excluding diaryl/α,β-unsaturated/α-hetero) is 1. The summed E-state index contributed by atoms with van der Waals surface area (Å²) in [5, 5.41) is 0.483. The van der Waals surface area contributed by atoms with Crippen LogP contribution in [0, 0.1) is 0 Å². The van der Waals surface area contributed by atoms with Gasteiger partial charge in [0, 0.05) is 44.9 Å². The number of ketones is 1. The first-order valence-electron chi connectivity index (χ1n) is 8.53. The van der Waals surface area contributed by atoms with Crippen LogP contribution in [-0.2, 0) is 44.0 Å². The first-order chi connectivity index (χ1) is 12.9.